The van der Waals surface area contributed by atoms with Crippen molar-refractivity contribution in [3.63, 3.8) is 0 Å². The number of furan rings is 1. The quantitative estimate of drug-likeness (QED) is 0.360. The minimum atomic E-state index is -3.96. The number of hydrogen-bond acceptors (Lipinski definition) is 8. The Morgan fingerprint density at radius 2 is 2.14 bits per heavy atom. The number of hydroxylamine groups is 1. The zero-order valence-electron chi connectivity index (χ0n) is 15.1. The van der Waals surface area contributed by atoms with Gasteiger partial charge in [-0.05, 0) is 30.3 Å². The van der Waals surface area contributed by atoms with Crippen molar-refractivity contribution in [1.29, 1.82) is 0 Å². The predicted molar refractivity (Wildman–Crippen MR) is 102 cm³/mol. The van der Waals surface area contributed by atoms with E-state index in [9.17, 15) is 13.2 Å². The first-order chi connectivity index (χ1) is 14.0. The van der Waals surface area contributed by atoms with Gasteiger partial charge in [0.1, 0.15) is 11.7 Å². The largest absolute Gasteiger partial charge is 0.451 e. The molecule has 10 nitrogen and oxygen atoms in total. The van der Waals surface area contributed by atoms with Crippen molar-refractivity contribution in [2.75, 3.05) is 24.4 Å². The molecule has 0 aliphatic carbocycles. The Morgan fingerprint density at radius 3 is 2.90 bits per heavy atom. The van der Waals surface area contributed by atoms with E-state index in [1.807, 2.05) is 0 Å². The molecule has 29 heavy (non-hydrogen) atoms. The molecule has 0 saturated carbocycles. The Hall–Kier alpha value is -2.99. The van der Waals surface area contributed by atoms with Gasteiger partial charge in [-0.3, -0.25) is 19.7 Å². The summed E-state index contributed by atoms with van der Waals surface area (Å²) in [5, 5.41) is 12.4. The number of nitrogens with one attached hydrogen (secondary N) is 3. The number of nitrogens with zero attached hydrogens (tertiary/aromatic N) is 1. The van der Waals surface area contributed by atoms with Crippen LogP contribution in [-0.4, -0.2) is 44.2 Å². The van der Waals surface area contributed by atoms with Gasteiger partial charge >= 0.3 is 5.91 Å². The predicted octanol–water partition coefficient (Wildman–Crippen LogP) is 1.41. The Kier molecular flexibility index (Phi) is 5.20. The number of aromatic nitrogens is 1. The molecule has 0 radical (unpaired) electrons. The summed E-state index contributed by atoms with van der Waals surface area (Å²) in [5.41, 5.74) is 2.47. The number of benzene rings is 1. The van der Waals surface area contributed by atoms with E-state index in [4.69, 9.17) is 14.4 Å². The number of pyridine rings is 1. The number of carbonyl (C=O) groups is 1. The summed E-state index contributed by atoms with van der Waals surface area (Å²) in [4.78, 5) is 15.7. The van der Waals surface area contributed by atoms with Crippen molar-refractivity contribution in [3.05, 3.63) is 54.0 Å². The van der Waals surface area contributed by atoms with Crippen LogP contribution in [0, 0.1) is 0 Å². The fraction of sp³-hybridized carbons (Fsp3) is 0.222. The molecule has 1 aromatic carbocycles. The van der Waals surface area contributed by atoms with Gasteiger partial charge in [0, 0.05) is 30.7 Å². The number of anilines is 1. The van der Waals surface area contributed by atoms with Crippen LogP contribution in [0.4, 0.5) is 5.69 Å². The Labute approximate surface area is 165 Å². The van der Waals surface area contributed by atoms with E-state index in [2.05, 4.69) is 15.0 Å². The lowest BCUT2D eigenvalue weighted by Gasteiger charge is -2.25. The molecule has 1 atom stereocenters. The monoisotopic (exact) mass is 418 g/mol. The number of carbonyl (C=O) groups excluding carboxylic acids is 1. The zero-order chi connectivity index (χ0) is 20.4. The maximum atomic E-state index is 12.9. The Bertz CT molecular complexity index is 1150. The van der Waals surface area contributed by atoms with Crippen molar-refractivity contribution in [2.24, 2.45) is 0 Å². The van der Waals surface area contributed by atoms with E-state index in [0.29, 0.717) is 29.9 Å². The molecule has 152 valence electrons. The lowest BCUT2D eigenvalue weighted by atomic mass is 10.2. The second-order valence-corrected chi connectivity index (χ2v) is 8.04. The van der Waals surface area contributed by atoms with E-state index >= 15 is 0 Å². The smallest absolute Gasteiger partial charge is 0.310 e. The van der Waals surface area contributed by atoms with Crippen molar-refractivity contribution >= 4 is 32.6 Å². The molecule has 2 aromatic heterocycles. The van der Waals surface area contributed by atoms with Crippen LogP contribution in [-0.2, 0) is 14.8 Å². The van der Waals surface area contributed by atoms with Gasteiger partial charge in [-0.2, -0.15) is 0 Å². The third-order valence-corrected chi connectivity index (χ3v) is 5.81. The molecule has 0 spiro atoms. The number of amides is 1. The summed E-state index contributed by atoms with van der Waals surface area (Å²) in [6.07, 6.45) is 1.21. The maximum absolute atomic E-state index is 12.9. The fourth-order valence-corrected chi connectivity index (χ4v) is 4.14. The molecule has 4 N–H and O–H groups in total. The molecule has 3 aromatic rings. The molecular weight excluding hydrogens is 400 g/mol. The summed E-state index contributed by atoms with van der Waals surface area (Å²) in [7, 11) is -3.96. The molecule has 1 amide bonds. The highest BCUT2D eigenvalue weighted by Crippen LogP contribution is 2.28. The van der Waals surface area contributed by atoms with Crippen LogP contribution in [0.3, 0.4) is 0 Å². The first kappa shape index (κ1) is 19.3. The van der Waals surface area contributed by atoms with Gasteiger partial charge in [-0.15, -0.1) is 0 Å². The lowest BCUT2D eigenvalue weighted by molar-refractivity contribution is 0.0255. The Balaban J connectivity index is 1.65. The number of morpholine rings is 1. The highest BCUT2D eigenvalue weighted by Gasteiger charge is 2.24. The van der Waals surface area contributed by atoms with Gasteiger partial charge in [0.15, 0.2) is 5.76 Å². The second-order valence-electron chi connectivity index (χ2n) is 6.36. The van der Waals surface area contributed by atoms with E-state index in [0.717, 1.165) is 6.54 Å². The molecule has 0 bridgehead atoms. The SMILES string of the molecule is O=C(NO)c1cc2ccc(S(=O)(=O)Nc3cccnc3C3CNCCO3)cc2o1. The summed E-state index contributed by atoms with van der Waals surface area (Å²) in [6, 6.07) is 8.87. The summed E-state index contributed by atoms with van der Waals surface area (Å²) in [6.45, 7) is 1.76. The molecule has 1 unspecified atom stereocenters. The number of sulfonamides is 1. The molecule has 4 rings (SSSR count). The van der Waals surface area contributed by atoms with Crippen LogP contribution in [0.5, 0.6) is 0 Å². The van der Waals surface area contributed by atoms with Gasteiger partial charge in [0.2, 0.25) is 0 Å². The fourth-order valence-electron chi connectivity index (χ4n) is 3.05. The Morgan fingerprint density at radius 1 is 1.28 bits per heavy atom. The van der Waals surface area contributed by atoms with Crippen molar-refractivity contribution in [1.82, 2.24) is 15.8 Å². The molecule has 1 saturated heterocycles. The zero-order valence-corrected chi connectivity index (χ0v) is 15.9. The third-order valence-electron chi connectivity index (χ3n) is 4.44. The van der Waals surface area contributed by atoms with Crippen LogP contribution >= 0.6 is 0 Å². The summed E-state index contributed by atoms with van der Waals surface area (Å²) < 4.78 is 39.4. The molecule has 1 aliphatic rings. The minimum absolute atomic E-state index is 0.0483. The number of ether oxygens (including phenoxy) is 1. The van der Waals surface area contributed by atoms with Crippen LogP contribution in [0.2, 0.25) is 0 Å². The van der Waals surface area contributed by atoms with Gasteiger partial charge in [0.25, 0.3) is 10.0 Å². The summed E-state index contributed by atoms with van der Waals surface area (Å²) >= 11 is 0. The van der Waals surface area contributed by atoms with Gasteiger partial charge in [-0.25, -0.2) is 13.9 Å². The highest BCUT2D eigenvalue weighted by molar-refractivity contribution is 7.92. The van der Waals surface area contributed by atoms with E-state index in [1.165, 1.54) is 29.7 Å². The minimum Gasteiger partial charge on any atom is -0.451 e. The molecular formula is C18H18N4O6S. The van der Waals surface area contributed by atoms with E-state index < -0.39 is 15.9 Å². The van der Waals surface area contributed by atoms with Crippen LogP contribution in [0.1, 0.15) is 22.4 Å². The second kappa shape index (κ2) is 7.79. The van der Waals surface area contributed by atoms with Gasteiger partial charge < -0.3 is 14.5 Å². The van der Waals surface area contributed by atoms with Gasteiger partial charge in [-0.1, -0.05) is 0 Å². The topological polar surface area (TPSA) is 143 Å². The van der Waals surface area contributed by atoms with E-state index in [-0.39, 0.29) is 22.3 Å². The number of hydrogen-bond donors (Lipinski definition) is 4. The van der Waals surface area contributed by atoms with Crippen molar-refractivity contribution < 1.29 is 27.6 Å². The average Bonchev–Trinajstić information content (AvgIpc) is 3.17. The summed E-state index contributed by atoms with van der Waals surface area (Å²) in [5.74, 6) is -0.966. The van der Waals surface area contributed by atoms with Gasteiger partial charge in [0.05, 0.1) is 22.9 Å². The van der Waals surface area contributed by atoms with E-state index in [1.54, 1.807) is 18.3 Å². The first-order valence-electron chi connectivity index (χ1n) is 8.76. The van der Waals surface area contributed by atoms with Crippen molar-refractivity contribution in [2.45, 2.75) is 11.0 Å². The normalized spacial score (nSPS) is 17.2. The standard InChI is InChI=1S/C18H18N4O6S/c23-18(21-24)15-8-11-3-4-12(9-14(11)28-15)29(25,26)22-13-2-1-5-20-17(13)16-10-19-6-7-27-16/h1-5,8-9,16,19,22,24H,6-7,10H2,(H,21,23). The van der Waals surface area contributed by atoms with Crippen LogP contribution in [0.25, 0.3) is 11.0 Å². The first-order valence-corrected chi connectivity index (χ1v) is 10.2. The molecule has 3 heterocycles. The lowest BCUT2D eigenvalue weighted by Crippen LogP contribution is -2.34. The average molecular weight is 418 g/mol. The van der Waals surface area contributed by atoms with Crippen LogP contribution in [0.15, 0.2) is 51.9 Å². The molecule has 1 fully saturated rings. The van der Waals surface area contributed by atoms with Crippen LogP contribution < -0.4 is 15.5 Å². The molecule has 1 aliphatic heterocycles. The highest BCUT2D eigenvalue weighted by atomic mass is 32.2. The number of fused-ring (bicyclic) bond motifs is 1. The molecule has 11 heteroatoms. The van der Waals surface area contributed by atoms with Crippen molar-refractivity contribution in [3.8, 4) is 0 Å². The number of rotatable bonds is 5. The maximum Gasteiger partial charge on any atom is 0.310 e. The third kappa shape index (κ3) is 3.93.